The molecule has 0 bridgehead atoms. The Morgan fingerprint density at radius 1 is 1.29 bits per heavy atom. The minimum absolute atomic E-state index is 0.00219. The number of thioether (sulfide) groups is 1. The zero-order chi connectivity index (χ0) is 24.1. The molecule has 1 amide bonds. The second kappa shape index (κ2) is 10.0. The molecule has 0 saturated heterocycles. The zero-order valence-electron chi connectivity index (χ0n) is 18.2. The summed E-state index contributed by atoms with van der Waals surface area (Å²) in [5.74, 6) is 0.181. The minimum atomic E-state index is -0.581. The number of amides is 1. The van der Waals surface area contributed by atoms with Crippen LogP contribution in [0.3, 0.4) is 0 Å². The quantitative estimate of drug-likeness (QED) is 0.193. The number of hydrogen-bond acceptors (Lipinski definition) is 11. The molecule has 0 radical (unpaired) electrons. The Labute approximate surface area is 197 Å². The Morgan fingerprint density at radius 3 is 2.79 bits per heavy atom. The van der Waals surface area contributed by atoms with E-state index in [4.69, 9.17) is 10.5 Å². The minimum Gasteiger partial charge on any atom is -0.504 e. The van der Waals surface area contributed by atoms with Crippen molar-refractivity contribution < 1.29 is 19.3 Å². The van der Waals surface area contributed by atoms with Gasteiger partial charge in [0.25, 0.3) is 5.91 Å². The molecule has 0 fully saturated rings. The van der Waals surface area contributed by atoms with E-state index in [0.29, 0.717) is 17.0 Å². The first-order valence-corrected chi connectivity index (χ1v) is 10.9. The molecule has 0 unspecified atom stereocenters. The Balaban J connectivity index is 1.56. The number of ether oxygens (including phenoxy) is 1. The summed E-state index contributed by atoms with van der Waals surface area (Å²) < 4.78 is 11.0. The van der Waals surface area contributed by atoms with Crippen LogP contribution in [0.1, 0.15) is 27.3 Å². The van der Waals surface area contributed by atoms with Crippen molar-refractivity contribution in [3.8, 4) is 17.3 Å². The number of aromatic nitrogens is 5. The maximum atomic E-state index is 12.9. The monoisotopic (exact) mass is 480 g/mol. The Bertz CT molecular complexity index is 1330. The molecule has 4 aromatic rings. The molecule has 0 aliphatic rings. The number of aryl methyl sites for hydroxylation is 1. The Morgan fingerprint density at radius 2 is 2.09 bits per heavy atom. The average Bonchev–Trinajstić information content (AvgIpc) is 3.45. The van der Waals surface area contributed by atoms with Gasteiger partial charge in [0.15, 0.2) is 17.2 Å². The van der Waals surface area contributed by atoms with Crippen molar-refractivity contribution in [2.45, 2.75) is 17.6 Å². The predicted molar refractivity (Wildman–Crippen MR) is 124 cm³/mol. The standard InChI is InChI=1S/C21H20N8O4S/c1-12-3-6-14(7-4-12)34-11-15-18(24-28-29(15)20-19(22)26-33-27-20)21(31)25-23-10-13-5-8-16(30)17(9-13)32-2/h3-10,30H,11H2,1-2H3,(H2,22,26)(H,25,31). The van der Waals surface area contributed by atoms with Crippen molar-refractivity contribution >= 4 is 29.7 Å². The first-order chi connectivity index (χ1) is 16.5. The summed E-state index contributed by atoms with van der Waals surface area (Å²) >= 11 is 1.49. The molecular formula is C21H20N8O4S. The van der Waals surface area contributed by atoms with Gasteiger partial charge in [-0.15, -0.1) is 16.9 Å². The molecule has 0 spiro atoms. The molecule has 12 nitrogen and oxygen atoms in total. The molecule has 13 heteroatoms. The number of phenols is 1. The number of hydrogen-bond donors (Lipinski definition) is 3. The number of rotatable bonds is 8. The second-order valence-corrected chi connectivity index (χ2v) is 8.05. The van der Waals surface area contributed by atoms with E-state index in [1.54, 1.807) is 12.1 Å². The van der Waals surface area contributed by atoms with Crippen LogP contribution in [0, 0.1) is 6.92 Å². The predicted octanol–water partition coefficient (Wildman–Crippen LogP) is 2.31. The van der Waals surface area contributed by atoms with Gasteiger partial charge in [0.2, 0.25) is 11.6 Å². The molecule has 2 aromatic carbocycles. The normalized spacial score (nSPS) is 11.1. The summed E-state index contributed by atoms with van der Waals surface area (Å²) in [6.07, 6.45) is 1.41. The number of benzene rings is 2. The smallest absolute Gasteiger partial charge is 0.293 e. The lowest BCUT2D eigenvalue weighted by Gasteiger charge is -2.06. The van der Waals surface area contributed by atoms with E-state index in [1.165, 1.54) is 35.8 Å². The first kappa shape index (κ1) is 22.8. The maximum Gasteiger partial charge on any atom is 0.293 e. The lowest BCUT2D eigenvalue weighted by molar-refractivity contribution is 0.0949. The van der Waals surface area contributed by atoms with Crippen molar-refractivity contribution in [3.05, 3.63) is 65.0 Å². The van der Waals surface area contributed by atoms with E-state index in [2.05, 4.69) is 35.8 Å². The zero-order valence-corrected chi connectivity index (χ0v) is 19.0. The molecule has 34 heavy (non-hydrogen) atoms. The van der Waals surface area contributed by atoms with E-state index in [-0.39, 0.29) is 28.8 Å². The van der Waals surface area contributed by atoms with E-state index in [9.17, 15) is 9.90 Å². The van der Waals surface area contributed by atoms with Gasteiger partial charge in [-0.3, -0.25) is 4.79 Å². The number of hydrazone groups is 1. The fourth-order valence-electron chi connectivity index (χ4n) is 2.89. The van der Waals surface area contributed by atoms with Crippen molar-refractivity contribution in [3.63, 3.8) is 0 Å². The fourth-order valence-corrected chi connectivity index (χ4v) is 3.79. The topological polar surface area (TPSA) is 167 Å². The molecule has 4 N–H and O–H groups in total. The van der Waals surface area contributed by atoms with Gasteiger partial charge in [-0.05, 0) is 53.1 Å². The number of aromatic hydroxyl groups is 1. The van der Waals surface area contributed by atoms with Crippen molar-refractivity contribution in [2.24, 2.45) is 5.10 Å². The number of nitrogens with two attached hydrogens (primary N) is 1. The third-order valence-corrected chi connectivity index (χ3v) is 5.68. The van der Waals surface area contributed by atoms with E-state index < -0.39 is 5.91 Å². The van der Waals surface area contributed by atoms with Crippen molar-refractivity contribution in [1.82, 2.24) is 30.7 Å². The summed E-state index contributed by atoms with van der Waals surface area (Å²) in [5, 5.41) is 29.0. The number of nitrogens with one attached hydrogen (secondary N) is 1. The second-order valence-electron chi connectivity index (χ2n) is 7.00. The van der Waals surface area contributed by atoms with Crippen LogP contribution in [0.2, 0.25) is 0 Å². The highest BCUT2D eigenvalue weighted by molar-refractivity contribution is 7.98. The fraction of sp³-hybridized carbons (Fsp3) is 0.143. The van der Waals surface area contributed by atoms with Gasteiger partial charge >= 0.3 is 0 Å². The highest BCUT2D eigenvalue weighted by atomic mass is 32.2. The van der Waals surface area contributed by atoms with Crippen LogP contribution in [-0.2, 0) is 5.75 Å². The number of carbonyl (C=O) groups excluding carboxylic acids is 1. The van der Waals surface area contributed by atoms with Gasteiger partial charge in [-0.1, -0.05) is 22.9 Å². The first-order valence-electron chi connectivity index (χ1n) is 9.89. The van der Waals surface area contributed by atoms with Crippen molar-refractivity contribution in [2.75, 3.05) is 12.8 Å². The molecule has 0 atom stereocenters. The Kier molecular flexibility index (Phi) is 6.73. The maximum absolute atomic E-state index is 12.9. The van der Waals surface area contributed by atoms with Gasteiger partial charge < -0.3 is 15.6 Å². The number of phenolic OH excluding ortho intramolecular Hbond substituents is 1. The van der Waals surface area contributed by atoms with E-state index >= 15 is 0 Å². The average molecular weight is 481 g/mol. The molecule has 4 rings (SSSR count). The van der Waals surface area contributed by atoms with Gasteiger partial charge in [-0.2, -0.15) is 9.78 Å². The molecule has 0 aliphatic heterocycles. The number of nitrogens with zero attached hydrogens (tertiary/aromatic N) is 6. The molecule has 0 aliphatic carbocycles. The van der Waals surface area contributed by atoms with Gasteiger partial charge in [0.1, 0.15) is 0 Å². The van der Waals surface area contributed by atoms with Crippen LogP contribution in [0.25, 0.3) is 5.82 Å². The summed E-state index contributed by atoms with van der Waals surface area (Å²) in [6.45, 7) is 2.00. The SMILES string of the molecule is COc1cc(C=NNC(=O)c2nnn(-c3nonc3N)c2CSc2ccc(C)cc2)ccc1O. The molecule has 2 aromatic heterocycles. The highest BCUT2D eigenvalue weighted by Gasteiger charge is 2.24. The third-order valence-electron chi connectivity index (χ3n) is 4.65. The number of carbonyl (C=O) groups is 1. The van der Waals surface area contributed by atoms with Crippen LogP contribution in [-0.4, -0.2) is 49.6 Å². The molecular weight excluding hydrogens is 460 g/mol. The van der Waals surface area contributed by atoms with Gasteiger partial charge in [-0.25, -0.2) is 10.1 Å². The highest BCUT2D eigenvalue weighted by Crippen LogP contribution is 2.27. The Hall–Kier alpha value is -4.39. The lowest BCUT2D eigenvalue weighted by atomic mass is 10.2. The third kappa shape index (κ3) is 4.99. The molecule has 0 saturated carbocycles. The van der Waals surface area contributed by atoms with Crippen LogP contribution in [0.4, 0.5) is 5.82 Å². The van der Waals surface area contributed by atoms with E-state index in [0.717, 1.165) is 10.5 Å². The summed E-state index contributed by atoms with van der Waals surface area (Å²) in [5.41, 5.74) is 10.5. The molecule has 174 valence electrons. The van der Waals surface area contributed by atoms with Gasteiger partial charge in [0.05, 0.1) is 19.0 Å². The van der Waals surface area contributed by atoms with E-state index in [1.807, 2.05) is 31.2 Å². The number of nitrogen functional groups attached to an aromatic ring is 1. The van der Waals surface area contributed by atoms with Gasteiger partial charge in [0, 0.05) is 10.6 Å². The number of methoxy groups -OCH3 is 1. The summed E-state index contributed by atoms with van der Waals surface area (Å²) in [7, 11) is 1.44. The van der Waals surface area contributed by atoms with Crippen molar-refractivity contribution in [1.29, 1.82) is 0 Å². The summed E-state index contributed by atoms with van der Waals surface area (Å²) in [6, 6.07) is 12.6. The van der Waals surface area contributed by atoms with Crippen LogP contribution < -0.4 is 15.9 Å². The van der Waals surface area contributed by atoms with Crippen LogP contribution in [0.5, 0.6) is 11.5 Å². The van der Waals surface area contributed by atoms with Crippen LogP contribution in [0.15, 0.2) is 57.1 Å². The summed E-state index contributed by atoms with van der Waals surface area (Å²) in [4.78, 5) is 13.8. The molecule has 2 heterocycles. The number of anilines is 1. The van der Waals surface area contributed by atoms with Crippen LogP contribution >= 0.6 is 11.8 Å². The largest absolute Gasteiger partial charge is 0.504 e. The lowest BCUT2D eigenvalue weighted by Crippen LogP contribution is -2.20.